The van der Waals surface area contributed by atoms with Crippen LogP contribution >= 0.6 is 0 Å². The van der Waals surface area contributed by atoms with Crippen LogP contribution in [0.15, 0.2) is 0 Å². The topological polar surface area (TPSA) is 242 Å². The Labute approximate surface area is 223 Å². The molecule has 13 nitrogen and oxygen atoms in total. The predicted molar refractivity (Wildman–Crippen MR) is 62.5 cm³/mol. The van der Waals surface area contributed by atoms with Gasteiger partial charge in [0.2, 0.25) is 0 Å². The molecule has 0 aromatic carbocycles. The third kappa shape index (κ3) is 11.7. The second-order valence-corrected chi connectivity index (χ2v) is 4.94. The quantitative estimate of drug-likeness (QED) is 0.203. The van der Waals surface area contributed by atoms with Gasteiger partial charge in [-0.15, -0.1) is 0 Å². The summed E-state index contributed by atoms with van der Waals surface area (Å²) in [5.74, 6) is -12.7. The minimum atomic E-state index is -3.31. The van der Waals surface area contributed by atoms with E-state index in [4.69, 9.17) is 10.2 Å². The van der Waals surface area contributed by atoms with Crippen LogP contribution in [0.5, 0.6) is 0 Å². The fourth-order valence-corrected chi connectivity index (χ4v) is 1.74. The zero-order valence-corrected chi connectivity index (χ0v) is 21.3. The summed E-state index contributed by atoms with van der Waals surface area (Å²) in [7, 11) is 0. The largest absolute Gasteiger partial charge is 1.00 e. The minimum Gasteiger partial charge on any atom is -0.550 e. The number of rotatable bonds is 11. The average Bonchev–Trinajstić information content (AvgIpc) is 2.34. The van der Waals surface area contributed by atoms with Crippen LogP contribution < -0.4 is 104 Å². The van der Waals surface area contributed by atoms with Crippen molar-refractivity contribution in [2.45, 2.75) is 36.9 Å². The van der Waals surface area contributed by atoms with E-state index in [9.17, 15) is 49.2 Å². The number of hydrogen-bond acceptors (Lipinski definition) is 11. The minimum absolute atomic E-state index is 0. The van der Waals surface area contributed by atoms with Gasteiger partial charge in [-0.25, -0.2) is 4.79 Å². The molecule has 0 aromatic heterocycles. The molecule has 0 saturated carbocycles. The molecule has 0 amide bonds. The maximum Gasteiger partial charge on any atom is 1.00 e. The number of esters is 1. The Morgan fingerprint density at radius 2 is 1.14 bits per heavy atom. The molecular formula is C12H11Na3O13. The second-order valence-electron chi connectivity index (χ2n) is 4.94. The van der Waals surface area contributed by atoms with E-state index in [0.29, 0.717) is 0 Å². The average molecular weight is 432 g/mol. The van der Waals surface area contributed by atoms with Gasteiger partial charge in [0.25, 0.3) is 0 Å². The molecule has 0 fully saturated rings. The molecule has 0 rings (SSSR count). The van der Waals surface area contributed by atoms with Gasteiger partial charge >= 0.3 is 107 Å². The van der Waals surface area contributed by atoms with Crippen molar-refractivity contribution in [3.8, 4) is 0 Å². The molecule has 0 saturated heterocycles. The molecule has 0 bridgehead atoms. The van der Waals surface area contributed by atoms with E-state index in [0.717, 1.165) is 0 Å². The number of aliphatic hydroxyl groups is 1. The zero-order valence-electron chi connectivity index (χ0n) is 15.3. The summed E-state index contributed by atoms with van der Waals surface area (Å²) in [5, 5.41) is 59.2. The molecule has 1 unspecified atom stereocenters. The van der Waals surface area contributed by atoms with Crippen molar-refractivity contribution in [1.29, 1.82) is 0 Å². The number of ether oxygens (including phenoxy) is 1. The van der Waals surface area contributed by atoms with Crippen LogP contribution in [-0.4, -0.2) is 62.3 Å². The molecule has 28 heavy (non-hydrogen) atoms. The van der Waals surface area contributed by atoms with Gasteiger partial charge in [-0.2, -0.15) is 0 Å². The molecule has 1 atom stereocenters. The molecule has 0 aromatic rings. The van der Waals surface area contributed by atoms with Gasteiger partial charge < -0.3 is 49.8 Å². The molecule has 0 spiro atoms. The third-order valence-electron chi connectivity index (χ3n) is 2.82. The van der Waals surface area contributed by atoms with Crippen LogP contribution in [-0.2, 0) is 33.5 Å². The fourth-order valence-electron chi connectivity index (χ4n) is 1.74. The van der Waals surface area contributed by atoms with Crippen molar-refractivity contribution in [2.75, 3.05) is 0 Å². The zero-order chi connectivity index (χ0) is 20.0. The first-order valence-corrected chi connectivity index (χ1v) is 6.24. The summed E-state index contributed by atoms with van der Waals surface area (Å²) < 4.78 is 4.19. The first-order chi connectivity index (χ1) is 11.2. The number of carboxylic acid groups (broad SMARTS) is 5. The van der Waals surface area contributed by atoms with Crippen LogP contribution in [0.1, 0.15) is 25.7 Å². The molecule has 0 aliphatic heterocycles. The summed E-state index contributed by atoms with van der Waals surface area (Å²) in [5.41, 5.74) is -6.53. The van der Waals surface area contributed by atoms with E-state index in [1.165, 1.54) is 0 Å². The summed E-state index contributed by atoms with van der Waals surface area (Å²) in [6, 6.07) is 0. The van der Waals surface area contributed by atoms with Gasteiger partial charge in [-0.3, -0.25) is 9.59 Å². The van der Waals surface area contributed by atoms with E-state index < -0.39 is 72.7 Å². The van der Waals surface area contributed by atoms with Gasteiger partial charge in [0.1, 0.15) is 0 Å². The van der Waals surface area contributed by atoms with Crippen molar-refractivity contribution in [3.63, 3.8) is 0 Å². The van der Waals surface area contributed by atoms with Gasteiger partial charge in [0, 0.05) is 24.8 Å². The maximum atomic E-state index is 11.7. The summed E-state index contributed by atoms with van der Waals surface area (Å²) in [4.78, 5) is 65.3. The Morgan fingerprint density at radius 1 is 0.750 bits per heavy atom. The molecular weight excluding hydrogens is 421 g/mol. The van der Waals surface area contributed by atoms with Crippen LogP contribution in [0.4, 0.5) is 0 Å². The van der Waals surface area contributed by atoms with Crippen molar-refractivity contribution in [1.82, 2.24) is 0 Å². The SMILES string of the molecule is O=C([O-])CC(CC(=O)[O-])(OC(=O)CC(O)(CC(=O)O)C(=O)O)C(=O)[O-].[Na+].[Na+].[Na+]. The molecule has 140 valence electrons. The fraction of sp³-hybridized carbons (Fsp3) is 0.500. The number of aliphatic carboxylic acids is 5. The summed E-state index contributed by atoms with van der Waals surface area (Å²) >= 11 is 0. The number of hydrogen-bond donors (Lipinski definition) is 3. The number of carboxylic acids is 5. The van der Waals surface area contributed by atoms with E-state index in [1.54, 1.807) is 0 Å². The normalized spacial score (nSPS) is 11.9. The van der Waals surface area contributed by atoms with Crippen molar-refractivity contribution >= 4 is 35.8 Å². The summed E-state index contributed by atoms with van der Waals surface area (Å²) in [6.45, 7) is 0. The van der Waals surface area contributed by atoms with Gasteiger partial charge in [0.05, 0.1) is 18.8 Å². The Hall–Kier alpha value is -0.220. The Morgan fingerprint density at radius 3 is 1.39 bits per heavy atom. The molecule has 3 N–H and O–H groups in total. The van der Waals surface area contributed by atoms with Gasteiger partial charge in [-0.05, 0) is 0 Å². The first kappa shape index (κ1) is 35.2. The van der Waals surface area contributed by atoms with Gasteiger partial charge in [0.15, 0.2) is 11.2 Å². The van der Waals surface area contributed by atoms with Crippen LogP contribution in [0.25, 0.3) is 0 Å². The van der Waals surface area contributed by atoms with Crippen molar-refractivity contribution in [2.24, 2.45) is 0 Å². The maximum absolute atomic E-state index is 11.7. The monoisotopic (exact) mass is 432 g/mol. The van der Waals surface area contributed by atoms with Crippen molar-refractivity contribution in [3.05, 3.63) is 0 Å². The Bertz CT molecular complexity index is 604. The number of carbonyl (C=O) groups excluding carboxylic acids is 4. The summed E-state index contributed by atoms with van der Waals surface area (Å²) in [6.07, 6.45) is -6.47. The van der Waals surface area contributed by atoms with Crippen molar-refractivity contribution < 1.29 is 153 Å². The van der Waals surface area contributed by atoms with Crippen LogP contribution in [0, 0.1) is 0 Å². The molecule has 0 aliphatic rings. The molecule has 0 radical (unpaired) electrons. The van der Waals surface area contributed by atoms with Crippen LogP contribution in [0.2, 0.25) is 0 Å². The van der Waals surface area contributed by atoms with Crippen LogP contribution in [0.3, 0.4) is 0 Å². The predicted octanol–water partition coefficient (Wildman–Crippen LogP) is -15.0. The second kappa shape index (κ2) is 14.7. The third-order valence-corrected chi connectivity index (χ3v) is 2.82. The molecule has 0 aliphatic carbocycles. The number of carbonyl (C=O) groups is 6. The Balaban J connectivity index is -0.000000960. The van der Waals surface area contributed by atoms with E-state index >= 15 is 0 Å². The molecule has 16 heteroatoms. The van der Waals surface area contributed by atoms with Gasteiger partial charge in [-0.1, -0.05) is 0 Å². The smallest absolute Gasteiger partial charge is 0.550 e. The van der Waals surface area contributed by atoms with E-state index in [-0.39, 0.29) is 88.7 Å². The van der Waals surface area contributed by atoms with E-state index in [1.807, 2.05) is 0 Å². The standard InChI is InChI=1S/C12H14O13.3Na/c13-5(14)1-11(24,9(20)21)4-8(19)25-12(10(22)23,2-6(15)16)3-7(17)18;;;/h24H,1-4H2,(H,13,14)(H,15,16)(H,17,18)(H,20,21)(H,22,23);;;/q;3*+1/p-3. The molecule has 0 heterocycles. The Kier molecular flexibility index (Phi) is 18.5. The van der Waals surface area contributed by atoms with E-state index in [2.05, 4.69) is 4.74 Å². The first-order valence-electron chi connectivity index (χ1n) is 6.24.